The predicted octanol–water partition coefficient (Wildman–Crippen LogP) is 4.68. The van der Waals surface area contributed by atoms with Gasteiger partial charge in [0.15, 0.2) is 6.10 Å². The van der Waals surface area contributed by atoms with Crippen molar-refractivity contribution in [3.05, 3.63) is 71.0 Å². The number of fused-ring (bicyclic) bond motifs is 1. The summed E-state index contributed by atoms with van der Waals surface area (Å²) < 4.78 is 19.4. The van der Waals surface area contributed by atoms with Gasteiger partial charge in [-0.2, -0.15) is 5.26 Å². The average molecular weight is 316 g/mol. The highest BCUT2D eigenvalue weighted by Gasteiger charge is 2.45. The lowest BCUT2D eigenvalue weighted by Gasteiger charge is -2.30. The quantitative estimate of drug-likeness (QED) is 0.767. The first-order valence-electron chi connectivity index (χ1n) is 7.20. The third kappa shape index (κ3) is 2.39. The maximum atomic E-state index is 13.3. The number of benzene rings is 2. The van der Waals surface area contributed by atoms with Crippen molar-refractivity contribution >= 4 is 11.6 Å². The summed E-state index contributed by atoms with van der Waals surface area (Å²) in [6.07, 6.45) is 0.777. The zero-order valence-corrected chi connectivity index (χ0v) is 12.7. The lowest BCUT2D eigenvalue weighted by molar-refractivity contribution is -0.0310. The van der Waals surface area contributed by atoms with Crippen molar-refractivity contribution in [1.29, 1.82) is 5.26 Å². The maximum Gasteiger partial charge on any atom is 0.171 e. The number of rotatable bonds is 4. The second-order valence-corrected chi connectivity index (χ2v) is 5.72. The monoisotopic (exact) mass is 315 g/mol. The SMILES string of the molecule is N#CC1OC(CCCCl)(c2ccc(F)cc2)c2ccccc21. The third-order valence-electron chi connectivity index (χ3n) is 4.09. The van der Waals surface area contributed by atoms with Crippen LogP contribution in [0.15, 0.2) is 48.5 Å². The molecule has 2 atom stereocenters. The molecule has 0 aromatic heterocycles. The van der Waals surface area contributed by atoms with Crippen LogP contribution < -0.4 is 0 Å². The van der Waals surface area contributed by atoms with E-state index >= 15 is 0 Å². The van der Waals surface area contributed by atoms with Crippen molar-refractivity contribution in [2.75, 3.05) is 5.88 Å². The first-order chi connectivity index (χ1) is 10.7. The van der Waals surface area contributed by atoms with Gasteiger partial charge >= 0.3 is 0 Å². The van der Waals surface area contributed by atoms with Crippen molar-refractivity contribution in [3.8, 4) is 6.07 Å². The van der Waals surface area contributed by atoms with Crippen LogP contribution in [0.5, 0.6) is 0 Å². The first kappa shape index (κ1) is 15.0. The molecule has 22 heavy (non-hydrogen) atoms. The van der Waals surface area contributed by atoms with Crippen LogP contribution in [0, 0.1) is 17.1 Å². The van der Waals surface area contributed by atoms with E-state index in [9.17, 15) is 9.65 Å². The fourth-order valence-electron chi connectivity index (χ4n) is 3.11. The summed E-state index contributed by atoms with van der Waals surface area (Å²) in [6, 6.07) is 16.2. The van der Waals surface area contributed by atoms with Gasteiger partial charge in [0.2, 0.25) is 0 Å². The normalized spacial score (nSPS) is 23.0. The van der Waals surface area contributed by atoms with E-state index in [0.717, 1.165) is 23.1 Å². The molecule has 0 saturated carbocycles. The molecule has 0 spiro atoms. The minimum atomic E-state index is -0.737. The molecule has 0 radical (unpaired) electrons. The van der Waals surface area contributed by atoms with Gasteiger partial charge in [0, 0.05) is 11.4 Å². The molecular weight excluding hydrogens is 301 g/mol. The number of nitrogens with zero attached hydrogens (tertiary/aromatic N) is 1. The summed E-state index contributed by atoms with van der Waals surface area (Å²) in [4.78, 5) is 0. The summed E-state index contributed by atoms with van der Waals surface area (Å²) in [5.74, 6) is 0.213. The van der Waals surface area contributed by atoms with Gasteiger partial charge < -0.3 is 4.74 Å². The van der Waals surface area contributed by atoms with E-state index in [0.29, 0.717) is 12.3 Å². The smallest absolute Gasteiger partial charge is 0.171 e. The second-order valence-electron chi connectivity index (χ2n) is 5.34. The van der Waals surface area contributed by atoms with Gasteiger partial charge in [-0.05, 0) is 36.1 Å². The fraction of sp³-hybridized carbons (Fsp3) is 0.278. The Labute approximate surface area is 134 Å². The molecule has 0 amide bonds. The Hall–Kier alpha value is -1.89. The van der Waals surface area contributed by atoms with Crippen LogP contribution in [0.3, 0.4) is 0 Å². The summed E-state index contributed by atoms with van der Waals surface area (Å²) >= 11 is 5.87. The zero-order chi connectivity index (χ0) is 15.6. The summed E-state index contributed by atoms with van der Waals surface area (Å²) in [6.45, 7) is 0. The molecule has 1 heterocycles. The Bertz CT molecular complexity index is 710. The van der Waals surface area contributed by atoms with E-state index in [-0.39, 0.29) is 5.82 Å². The predicted molar refractivity (Wildman–Crippen MR) is 83.0 cm³/mol. The van der Waals surface area contributed by atoms with Crippen molar-refractivity contribution < 1.29 is 9.13 Å². The van der Waals surface area contributed by atoms with E-state index < -0.39 is 11.7 Å². The standard InChI is InChI=1S/C18H15ClFNO/c19-11-3-10-18(13-6-8-14(20)9-7-13)16-5-2-1-4-15(16)17(12-21)22-18/h1-2,4-9,17H,3,10-11H2. The summed E-state index contributed by atoms with van der Waals surface area (Å²) in [5, 5.41) is 9.40. The molecule has 0 N–H and O–H groups in total. The molecule has 1 aliphatic rings. The van der Waals surface area contributed by atoms with Gasteiger partial charge in [-0.25, -0.2) is 4.39 Å². The van der Waals surface area contributed by atoms with E-state index in [1.165, 1.54) is 12.1 Å². The molecule has 4 heteroatoms. The molecule has 0 aliphatic carbocycles. The van der Waals surface area contributed by atoms with Gasteiger partial charge in [-0.1, -0.05) is 36.4 Å². The van der Waals surface area contributed by atoms with E-state index in [1.54, 1.807) is 12.1 Å². The number of nitriles is 1. The van der Waals surface area contributed by atoms with Gasteiger partial charge in [0.25, 0.3) is 0 Å². The molecule has 1 aliphatic heterocycles. The molecule has 112 valence electrons. The summed E-state index contributed by atoms with van der Waals surface area (Å²) in [7, 11) is 0. The van der Waals surface area contributed by atoms with Crippen LogP contribution in [0.25, 0.3) is 0 Å². The topological polar surface area (TPSA) is 33.0 Å². The van der Waals surface area contributed by atoms with Gasteiger partial charge in [0.05, 0.1) is 6.07 Å². The Morgan fingerprint density at radius 3 is 2.59 bits per heavy atom. The molecule has 0 bridgehead atoms. The van der Waals surface area contributed by atoms with Gasteiger partial charge in [0.1, 0.15) is 11.4 Å². The van der Waals surface area contributed by atoms with Gasteiger partial charge in [-0.3, -0.25) is 0 Å². The second kappa shape index (κ2) is 6.08. The Balaban J connectivity index is 2.16. The molecule has 0 saturated heterocycles. The number of hydrogen-bond donors (Lipinski definition) is 0. The molecule has 0 fully saturated rings. The average Bonchev–Trinajstić information content (AvgIpc) is 2.89. The van der Waals surface area contributed by atoms with Crippen LogP contribution in [-0.2, 0) is 10.3 Å². The molecular formula is C18H15ClFNO. The first-order valence-corrected chi connectivity index (χ1v) is 7.73. The molecule has 2 nitrogen and oxygen atoms in total. The summed E-state index contributed by atoms with van der Waals surface area (Å²) in [5.41, 5.74) is 1.96. The third-order valence-corrected chi connectivity index (χ3v) is 4.35. The Morgan fingerprint density at radius 2 is 1.91 bits per heavy atom. The minimum absolute atomic E-state index is 0.292. The van der Waals surface area contributed by atoms with Crippen LogP contribution in [-0.4, -0.2) is 5.88 Å². The van der Waals surface area contributed by atoms with E-state index in [1.807, 2.05) is 24.3 Å². The zero-order valence-electron chi connectivity index (χ0n) is 11.9. The number of halogens is 2. The van der Waals surface area contributed by atoms with E-state index in [4.69, 9.17) is 16.3 Å². The maximum absolute atomic E-state index is 13.3. The molecule has 2 aromatic carbocycles. The highest BCUT2D eigenvalue weighted by molar-refractivity contribution is 6.17. The molecule has 2 unspecified atom stereocenters. The number of hydrogen-bond acceptors (Lipinski definition) is 2. The highest BCUT2D eigenvalue weighted by atomic mass is 35.5. The van der Waals surface area contributed by atoms with E-state index in [2.05, 4.69) is 6.07 Å². The van der Waals surface area contributed by atoms with Crippen molar-refractivity contribution in [2.24, 2.45) is 0 Å². The van der Waals surface area contributed by atoms with Crippen LogP contribution >= 0.6 is 11.6 Å². The Morgan fingerprint density at radius 1 is 1.18 bits per heavy atom. The van der Waals surface area contributed by atoms with Crippen molar-refractivity contribution in [3.63, 3.8) is 0 Å². The van der Waals surface area contributed by atoms with Crippen LogP contribution in [0.4, 0.5) is 4.39 Å². The molecule has 2 aromatic rings. The number of ether oxygens (including phenoxy) is 1. The Kier molecular flexibility index (Phi) is 4.15. The lowest BCUT2D eigenvalue weighted by Crippen LogP contribution is -2.27. The highest BCUT2D eigenvalue weighted by Crippen LogP contribution is 2.50. The van der Waals surface area contributed by atoms with Gasteiger partial charge in [-0.15, -0.1) is 11.6 Å². The molecule has 3 rings (SSSR count). The van der Waals surface area contributed by atoms with Crippen LogP contribution in [0.2, 0.25) is 0 Å². The lowest BCUT2D eigenvalue weighted by atomic mass is 9.82. The van der Waals surface area contributed by atoms with Crippen molar-refractivity contribution in [1.82, 2.24) is 0 Å². The van der Waals surface area contributed by atoms with Crippen LogP contribution in [0.1, 0.15) is 35.6 Å². The fourth-order valence-corrected chi connectivity index (χ4v) is 3.25. The largest absolute Gasteiger partial charge is 0.343 e. The number of alkyl halides is 1. The van der Waals surface area contributed by atoms with Crippen molar-refractivity contribution in [2.45, 2.75) is 24.5 Å². The minimum Gasteiger partial charge on any atom is -0.343 e.